The Kier molecular flexibility index (Phi) is 5.88. The zero-order valence-electron chi connectivity index (χ0n) is 13.4. The van der Waals surface area contributed by atoms with Gasteiger partial charge in [-0.2, -0.15) is 0 Å². The van der Waals surface area contributed by atoms with Gasteiger partial charge in [0.1, 0.15) is 11.5 Å². The lowest BCUT2D eigenvalue weighted by atomic mass is 10.2. The zero-order valence-corrected chi connectivity index (χ0v) is 14.1. The lowest BCUT2D eigenvalue weighted by Crippen LogP contribution is -2.30. The lowest BCUT2D eigenvalue weighted by molar-refractivity contribution is -0.122. The highest BCUT2D eigenvalue weighted by molar-refractivity contribution is 6.32. The van der Waals surface area contributed by atoms with Gasteiger partial charge in [-0.1, -0.05) is 23.7 Å². The number of carbonyl (C=O) groups is 1. The number of ether oxygens (including phenoxy) is 2. The van der Waals surface area contributed by atoms with Gasteiger partial charge in [-0.25, -0.2) is 0 Å². The molecule has 0 aliphatic heterocycles. The molecule has 0 heterocycles. The zero-order chi connectivity index (χ0) is 16.8. The summed E-state index contributed by atoms with van der Waals surface area (Å²) in [6.07, 6.45) is -0.555. The average molecular weight is 334 g/mol. The third-order valence-corrected chi connectivity index (χ3v) is 3.32. The van der Waals surface area contributed by atoms with Crippen LogP contribution in [0.25, 0.3) is 0 Å². The Labute approximate surface area is 141 Å². The molecule has 0 aromatic heterocycles. The lowest BCUT2D eigenvalue weighted by Gasteiger charge is -2.16. The van der Waals surface area contributed by atoms with Crippen LogP contribution in [0.3, 0.4) is 0 Å². The molecule has 2 aromatic carbocycles. The molecule has 2 rings (SSSR count). The first-order valence-corrected chi connectivity index (χ1v) is 7.82. The van der Waals surface area contributed by atoms with Gasteiger partial charge in [-0.3, -0.25) is 4.79 Å². The first-order chi connectivity index (χ1) is 11.0. The van der Waals surface area contributed by atoms with Crippen LogP contribution in [0.2, 0.25) is 5.02 Å². The second-order valence-electron chi connectivity index (χ2n) is 5.37. The number of para-hydroxylation sites is 1. The Hall–Kier alpha value is -2.20. The van der Waals surface area contributed by atoms with Crippen molar-refractivity contribution < 1.29 is 14.3 Å². The SMILES string of the molecule is CC(C)Oc1ccc(NC(=O)[C@H](C)Oc2ccccc2Cl)cc1. The summed E-state index contributed by atoms with van der Waals surface area (Å²) in [6, 6.07) is 14.3. The van der Waals surface area contributed by atoms with E-state index in [9.17, 15) is 4.79 Å². The molecule has 1 N–H and O–H groups in total. The van der Waals surface area contributed by atoms with Crippen LogP contribution in [0, 0.1) is 0 Å². The van der Waals surface area contributed by atoms with Gasteiger partial charge in [-0.05, 0) is 57.2 Å². The van der Waals surface area contributed by atoms with Crippen molar-refractivity contribution in [3.63, 3.8) is 0 Å². The predicted molar refractivity (Wildman–Crippen MR) is 92.4 cm³/mol. The van der Waals surface area contributed by atoms with Gasteiger partial charge in [0.05, 0.1) is 11.1 Å². The van der Waals surface area contributed by atoms with Gasteiger partial charge in [0.25, 0.3) is 5.91 Å². The Balaban J connectivity index is 1.94. The quantitative estimate of drug-likeness (QED) is 0.844. The number of hydrogen-bond acceptors (Lipinski definition) is 3. The van der Waals surface area contributed by atoms with E-state index in [0.717, 1.165) is 5.75 Å². The molecule has 0 unspecified atom stereocenters. The third-order valence-electron chi connectivity index (χ3n) is 3.00. The molecule has 4 nitrogen and oxygen atoms in total. The van der Waals surface area contributed by atoms with Gasteiger partial charge >= 0.3 is 0 Å². The highest BCUT2D eigenvalue weighted by atomic mass is 35.5. The Bertz CT molecular complexity index is 656. The van der Waals surface area contributed by atoms with Gasteiger partial charge < -0.3 is 14.8 Å². The fraction of sp³-hybridized carbons (Fsp3) is 0.278. The monoisotopic (exact) mass is 333 g/mol. The molecule has 122 valence electrons. The number of amides is 1. The minimum Gasteiger partial charge on any atom is -0.491 e. The molecule has 0 saturated carbocycles. The van der Waals surface area contributed by atoms with Crippen molar-refractivity contribution in [2.75, 3.05) is 5.32 Å². The van der Waals surface area contributed by atoms with Crippen LogP contribution >= 0.6 is 11.6 Å². The standard InChI is InChI=1S/C18H20ClNO3/c1-12(2)22-15-10-8-14(9-11-15)20-18(21)13(3)23-17-7-5-4-6-16(17)19/h4-13H,1-3H3,(H,20,21)/t13-/m0/s1. The molecule has 0 aliphatic carbocycles. The predicted octanol–water partition coefficient (Wildman–Crippen LogP) is 4.53. The van der Waals surface area contributed by atoms with E-state index in [-0.39, 0.29) is 12.0 Å². The van der Waals surface area contributed by atoms with Gasteiger partial charge in [0.15, 0.2) is 6.10 Å². The Morgan fingerprint density at radius 2 is 1.65 bits per heavy atom. The molecule has 23 heavy (non-hydrogen) atoms. The van der Waals surface area contributed by atoms with E-state index >= 15 is 0 Å². The van der Waals surface area contributed by atoms with Crippen molar-refractivity contribution in [2.24, 2.45) is 0 Å². The molecule has 2 aromatic rings. The number of halogens is 1. The number of hydrogen-bond donors (Lipinski definition) is 1. The van der Waals surface area contributed by atoms with Crippen LogP contribution < -0.4 is 14.8 Å². The molecule has 0 spiro atoms. The van der Waals surface area contributed by atoms with E-state index in [2.05, 4.69) is 5.32 Å². The summed E-state index contributed by atoms with van der Waals surface area (Å²) < 4.78 is 11.1. The number of rotatable bonds is 6. The second kappa shape index (κ2) is 7.88. The van der Waals surface area contributed by atoms with E-state index < -0.39 is 6.10 Å². The van der Waals surface area contributed by atoms with Crippen LogP contribution in [0.5, 0.6) is 11.5 Å². The minimum atomic E-state index is -0.665. The van der Waals surface area contributed by atoms with Crippen LogP contribution in [0.4, 0.5) is 5.69 Å². The Morgan fingerprint density at radius 3 is 2.26 bits per heavy atom. The van der Waals surface area contributed by atoms with E-state index in [0.29, 0.717) is 16.5 Å². The fourth-order valence-corrected chi connectivity index (χ4v) is 2.10. The number of anilines is 1. The van der Waals surface area contributed by atoms with E-state index in [1.807, 2.05) is 26.0 Å². The van der Waals surface area contributed by atoms with Gasteiger partial charge in [0, 0.05) is 5.69 Å². The van der Waals surface area contributed by atoms with Crippen LogP contribution in [-0.2, 0) is 4.79 Å². The molecule has 5 heteroatoms. The molecule has 0 bridgehead atoms. The summed E-state index contributed by atoms with van der Waals surface area (Å²) in [5.74, 6) is 0.998. The average Bonchev–Trinajstić information content (AvgIpc) is 2.51. The third kappa shape index (κ3) is 5.18. The van der Waals surface area contributed by atoms with Crippen LogP contribution in [0.15, 0.2) is 48.5 Å². The van der Waals surface area contributed by atoms with Gasteiger partial charge in [-0.15, -0.1) is 0 Å². The molecule has 1 atom stereocenters. The van der Waals surface area contributed by atoms with Crippen LogP contribution in [0.1, 0.15) is 20.8 Å². The molecular weight excluding hydrogens is 314 g/mol. The van der Waals surface area contributed by atoms with E-state index in [1.54, 1.807) is 43.3 Å². The maximum Gasteiger partial charge on any atom is 0.265 e. The number of benzene rings is 2. The summed E-state index contributed by atoms with van der Waals surface area (Å²) in [4.78, 5) is 12.2. The summed E-state index contributed by atoms with van der Waals surface area (Å²) in [5, 5.41) is 3.27. The summed E-state index contributed by atoms with van der Waals surface area (Å²) in [5.41, 5.74) is 0.681. The van der Waals surface area contributed by atoms with Crippen molar-refractivity contribution >= 4 is 23.2 Å². The first-order valence-electron chi connectivity index (χ1n) is 7.44. The van der Waals surface area contributed by atoms with E-state index in [4.69, 9.17) is 21.1 Å². The highest BCUT2D eigenvalue weighted by Crippen LogP contribution is 2.24. The molecule has 0 saturated heterocycles. The molecule has 1 amide bonds. The number of carbonyl (C=O) groups excluding carboxylic acids is 1. The minimum absolute atomic E-state index is 0.111. The van der Waals surface area contributed by atoms with Crippen molar-refractivity contribution in [1.29, 1.82) is 0 Å². The van der Waals surface area contributed by atoms with E-state index in [1.165, 1.54) is 0 Å². The largest absolute Gasteiger partial charge is 0.491 e. The maximum atomic E-state index is 12.2. The van der Waals surface area contributed by atoms with Crippen LogP contribution in [-0.4, -0.2) is 18.1 Å². The Morgan fingerprint density at radius 1 is 1.00 bits per heavy atom. The summed E-state index contributed by atoms with van der Waals surface area (Å²) in [6.45, 7) is 5.60. The van der Waals surface area contributed by atoms with Crippen molar-refractivity contribution in [2.45, 2.75) is 33.0 Å². The van der Waals surface area contributed by atoms with Crippen molar-refractivity contribution in [3.8, 4) is 11.5 Å². The molecule has 0 fully saturated rings. The number of nitrogens with one attached hydrogen (secondary N) is 1. The first kappa shape index (κ1) is 17.2. The molecule has 0 radical (unpaired) electrons. The van der Waals surface area contributed by atoms with Gasteiger partial charge in [0.2, 0.25) is 0 Å². The smallest absolute Gasteiger partial charge is 0.265 e. The summed E-state index contributed by atoms with van der Waals surface area (Å²) in [7, 11) is 0. The van der Waals surface area contributed by atoms with Crippen molar-refractivity contribution in [3.05, 3.63) is 53.6 Å². The fourth-order valence-electron chi connectivity index (χ4n) is 1.92. The molecule has 0 aliphatic rings. The van der Waals surface area contributed by atoms with Crippen molar-refractivity contribution in [1.82, 2.24) is 0 Å². The summed E-state index contributed by atoms with van der Waals surface area (Å²) >= 11 is 6.02. The highest BCUT2D eigenvalue weighted by Gasteiger charge is 2.16. The maximum absolute atomic E-state index is 12.2. The topological polar surface area (TPSA) is 47.6 Å². The molecular formula is C18H20ClNO3. The normalized spacial score (nSPS) is 11.9. The second-order valence-corrected chi connectivity index (χ2v) is 5.78.